The van der Waals surface area contributed by atoms with Crippen LogP contribution in [0.2, 0.25) is 0 Å². The highest BCUT2D eigenvalue weighted by molar-refractivity contribution is 7.09. The normalized spacial score (nSPS) is 12.7. The van der Waals surface area contributed by atoms with Gasteiger partial charge in [-0.3, -0.25) is 0 Å². The van der Waals surface area contributed by atoms with Crippen molar-refractivity contribution >= 4 is 11.3 Å². The molecule has 0 spiro atoms. The van der Waals surface area contributed by atoms with E-state index in [0.29, 0.717) is 29.4 Å². The molecule has 1 aliphatic heterocycles. The number of aromatic nitrogens is 1. The van der Waals surface area contributed by atoms with Gasteiger partial charge < -0.3 is 19.3 Å². The van der Waals surface area contributed by atoms with Crippen molar-refractivity contribution in [3.05, 3.63) is 33.8 Å². The molecule has 1 aromatic heterocycles. The van der Waals surface area contributed by atoms with Crippen molar-refractivity contribution in [1.82, 2.24) is 4.98 Å². The molecule has 0 saturated carbocycles. The molecule has 3 rings (SSSR count). The largest absolute Gasteiger partial charge is 0.487 e. The molecule has 1 aliphatic rings. The van der Waals surface area contributed by atoms with Gasteiger partial charge in [0.05, 0.1) is 17.3 Å². The van der Waals surface area contributed by atoms with Crippen LogP contribution in [0.3, 0.4) is 0 Å². The molecule has 0 amide bonds. The summed E-state index contributed by atoms with van der Waals surface area (Å²) in [6, 6.07) is 3.50. The number of aryl methyl sites for hydroxylation is 1. The van der Waals surface area contributed by atoms with Crippen LogP contribution in [0.25, 0.3) is 0 Å². The van der Waals surface area contributed by atoms with E-state index in [4.69, 9.17) is 14.2 Å². The molecule has 0 bridgehead atoms. The van der Waals surface area contributed by atoms with E-state index in [0.717, 1.165) is 17.1 Å². The zero-order valence-electron chi connectivity index (χ0n) is 11.1. The molecule has 1 aromatic carbocycles. The molecule has 0 radical (unpaired) electrons. The summed E-state index contributed by atoms with van der Waals surface area (Å²) in [5, 5.41) is 12.5. The third-order valence-electron chi connectivity index (χ3n) is 3.00. The summed E-state index contributed by atoms with van der Waals surface area (Å²) in [6.45, 7) is 2.55. The maximum Gasteiger partial charge on any atom is 0.231 e. The van der Waals surface area contributed by atoms with Crippen LogP contribution in [-0.2, 0) is 19.6 Å². The van der Waals surface area contributed by atoms with Crippen LogP contribution in [-0.4, -0.2) is 16.9 Å². The van der Waals surface area contributed by atoms with Gasteiger partial charge in [0.2, 0.25) is 6.79 Å². The monoisotopic (exact) mass is 293 g/mol. The lowest BCUT2D eigenvalue weighted by Crippen LogP contribution is -1.99. The van der Waals surface area contributed by atoms with Crippen molar-refractivity contribution < 1.29 is 19.3 Å². The average Bonchev–Trinajstić information content (AvgIpc) is 3.12. The van der Waals surface area contributed by atoms with E-state index >= 15 is 0 Å². The van der Waals surface area contributed by atoms with E-state index in [1.807, 2.05) is 5.38 Å². The predicted octanol–water partition coefficient (Wildman–Crippen LogP) is 2.51. The number of fused-ring (bicyclic) bond motifs is 1. The van der Waals surface area contributed by atoms with Gasteiger partial charge in [-0.15, -0.1) is 11.3 Å². The second-order valence-electron chi connectivity index (χ2n) is 4.35. The van der Waals surface area contributed by atoms with Gasteiger partial charge in [-0.1, -0.05) is 6.92 Å². The van der Waals surface area contributed by atoms with Gasteiger partial charge in [0.15, 0.2) is 11.5 Å². The summed E-state index contributed by atoms with van der Waals surface area (Å²) < 4.78 is 16.3. The molecule has 0 unspecified atom stereocenters. The Bertz CT molecular complexity index is 611. The third kappa shape index (κ3) is 2.57. The van der Waals surface area contributed by atoms with Gasteiger partial charge in [0.25, 0.3) is 0 Å². The van der Waals surface area contributed by atoms with Crippen molar-refractivity contribution in [3.8, 4) is 17.2 Å². The van der Waals surface area contributed by atoms with Crippen molar-refractivity contribution in [2.24, 2.45) is 0 Å². The molecule has 0 fully saturated rings. The highest BCUT2D eigenvalue weighted by atomic mass is 32.1. The zero-order valence-corrected chi connectivity index (χ0v) is 11.9. The van der Waals surface area contributed by atoms with Crippen LogP contribution in [0, 0.1) is 0 Å². The molecule has 2 heterocycles. The van der Waals surface area contributed by atoms with E-state index in [2.05, 4.69) is 11.9 Å². The molecule has 6 heteroatoms. The van der Waals surface area contributed by atoms with Crippen molar-refractivity contribution in [2.45, 2.75) is 26.6 Å². The maximum atomic E-state index is 9.40. The lowest BCUT2D eigenvalue weighted by molar-refractivity contribution is 0.173. The fourth-order valence-corrected chi connectivity index (χ4v) is 2.68. The van der Waals surface area contributed by atoms with Gasteiger partial charge in [0.1, 0.15) is 12.4 Å². The standard InChI is InChI=1S/C14H15NO4S/c1-2-14-15-10(7-20-14)6-17-11-4-13-12(18-8-19-13)3-9(11)5-16/h3-4,7,16H,2,5-6,8H2,1H3. The van der Waals surface area contributed by atoms with E-state index in [9.17, 15) is 5.11 Å². The minimum atomic E-state index is -0.108. The third-order valence-corrected chi connectivity index (χ3v) is 4.05. The lowest BCUT2D eigenvalue weighted by Gasteiger charge is -2.10. The summed E-state index contributed by atoms with van der Waals surface area (Å²) in [4.78, 5) is 4.45. The Labute approximate surface area is 120 Å². The average molecular weight is 293 g/mol. The Morgan fingerprint density at radius 1 is 1.35 bits per heavy atom. The fourth-order valence-electron chi connectivity index (χ4n) is 1.95. The number of thiazole rings is 1. The Hall–Kier alpha value is -1.79. The van der Waals surface area contributed by atoms with E-state index in [1.54, 1.807) is 23.5 Å². The smallest absolute Gasteiger partial charge is 0.231 e. The van der Waals surface area contributed by atoms with Crippen LogP contribution < -0.4 is 14.2 Å². The van der Waals surface area contributed by atoms with E-state index in [-0.39, 0.29) is 13.4 Å². The molecule has 106 valence electrons. The summed E-state index contributed by atoms with van der Waals surface area (Å²) >= 11 is 1.63. The van der Waals surface area contributed by atoms with Crippen LogP contribution in [0.5, 0.6) is 17.2 Å². The number of hydrogen-bond donors (Lipinski definition) is 1. The number of aliphatic hydroxyl groups is 1. The number of rotatable bonds is 5. The van der Waals surface area contributed by atoms with E-state index < -0.39 is 0 Å². The van der Waals surface area contributed by atoms with Crippen molar-refractivity contribution in [1.29, 1.82) is 0 Å². The first-order chi connectivity index (χ1) is 9.80. The Morgan fingerprint density at radius 3 is 2.85 bits per heavy atom. The first-order valence-electron chi connectivity index (χ1n) is 6.39. The minimum Gasteiger partial charge on any atom is -0.487 e. The van der Waals surface area contributed by atoms with Crippen LogP contribution in [0.1, 0.15) is 23.2 Å². The molecule has 0 saturated heterocycles. The molecule has 5 nitrogen and oxygen atoms in total. The Balaban J connectivity index is 1.76. The first-order valence-corrected chi connectivity index (χ1v) is 7.27. The summed E-state index contributed by atoms with van der Waals surface area (Å²) in [5.41, 5.74) is 1.58. The zero-order chi connectivity index (χ0) is 13.9. The lowest BCUT2D eigenvalue weighted by atomic mass is 10.2. The second kappa shape index (κ2) is 5.68. The number of hydrogen-bond acceptors (Lipinski definition) is 6. The topological polar surface area (TPSA) is 60.8 Å². The fraction of sp³-hybridized carbons (Fsp3) is 0.357. The Morgan fingerprint density at radius 2 is 2.15 bits per heavy atom. The maximum absolute atomic E-state index is 9.40. The predicted molar refractivity (Wildman–Crippen MR) is 74.3 cm³/mol. The quantitative estimate of drug-likeness (QED) is 0.918. The van der Waals surface area contributed by atoms with Crippen LogP contribution in [0.15, 0.2) is 17.5 Å². The minimum absolute atomic E-state index is 0.108. The van der Waals surface area contributed by atoms with Gasteiger partial charge >= 0.3 is 0 Å². The summed E-state index contributed by atoms with van der Waals surface area (Å²) in [6.07, 6.45) is 0.927. The molecular formula is C14H15NO4S. The number of ether oxygens (including phenoxy) is 3. The van der Waals surface area contributed by atoms with Gasteiger partial charge in [-0.25, -0.2) is 4.98 Å². The number of nitrogens with zero attached hydrogens (tertiary/aromatic N) is 1. The molecule has 2 aromatic rings. The molecule has 0 aliphatic carbocycles. The number of aliphatic hydroxyl groups excluding tert-OH is 1. The highest BCUT2D eigenvalue weighted by Gasteiger charge is 2.18. The van der Waals surface area contributed by atoms with E-state index in [1.165, 1.54) is 0 Å². The van der Waals surface area contributed by atoms with Crippen molar-refractivity contribution in [3.63, 3.8) is 0 Å². The van der Waals surface area contributed by atoms with Crippen LogP contribution in [0.4, 0.5) is 0 Å². The molecular weight excluding hydrogens is 278 g/mol. The Kier molecular flexibility index (Phi) is 3.75. The summed E-state index contributed by atoms with van der Waals surface area (Å²) in [5.74, 6) is 1.89. The highest BCUT2D eigenvalue weighted by Crippen LogP contribution is 2.38. The second-order valence-corrected chi connectivity index (χ2v) is 5.29. The summed E-state index contributed by atoms with van der Waals surface area (Å²) in [7, 11) is 0. The first kappa shape index (κ1) is 13.2. The van der Waals surface area contributed by atoms with Crippen molar-refractivity contribution in [2.75, 3.05) is 6.79 Å². The molecule has 0 atom stereocenters. The van der Waals surface area contributed by atoms with Gasteiger partial charge in [-0.05, 0) is 12.5 Å². The van der Waals surface area contributed by atoms with Gasteiger partial charge in [-0.2, -0.15) is 0 Å². The van der Waals surface area contributed by atoms with Crippen LogP contribution >= 0.6 is 11.3 Å². The SMILES string of the molecule is CCc1nc(COc2cc3c(cc2CO)OCO3)cs1. The molecule has 1 N–H and O–H groups in total. The van der Waals surface area contributed by atoms with Gasteiger partial charge in [0, 0.05) is 17.0 Å². The number of benzene rings is 1. The molecule has 20 heavy (non-hydrogen) atoms.